The smallest absolute Gasteiger partial charge is 0.120 e. The maximum Gasteiger partial charge on any atom is 0.120 e. The van der Waals surface area contributed by atoms with Gasteiger partial charge in [0.15, 0.2) is 0 Å². The lowest BCUT2D eigenvalue weighted by Crippen LogP contribution is -2.34. The Morgan fingerprint density at radius 3 is 2.60 bits per heavy atom. The van der Waals surface area contributed by atoms with Crippen LogP contribution in [0.5, 0.6) is 5.75 Å². The van der Waals surface area contributed by atoms with Crippen LogP contribution in [0, 0.1) is 5.92 Å². The van der Waals surface area contributed by atoms with Crippen LogP contribution in [0.3, 0.4) is 0 Å². The number of likely N-dealkylation sites (N-methyl/N-ethyl adjacent to an activating group) is 1. The molecule has 0 spiro atoms. The van der Waals surface area contributed by atoms with E-state index < -0.39 is 0 Å². The summed E-state index contributed by atoms with van der Waals surface area (Å²) in [6.45, 7) is 8.84. The number of ether oxygens (including phenoxy) is 1. The Bertz CT molecular complexity index is 379. The molecule has 0 aliphatic heterocycles. The highest BCUT2D eigenvalue weighted by Gasteiger charge is 2.05. The lowest BCUT2D eigenvalue weighted by Gasteiger charge is -2.22. The van der Waals surface area contributed by atoms with Gasteiger partial charge in [0, 0.05) is 37.9 Å². The van der Waals surface area contributed by atoms with Crippen LogP contribution in [0.2, 0.25) is 0 Å². The van der Waals surface area contributed by atoms with Crippen molar-refractivity contribution in [3.05, 3.63) is 24.3 Å². The topological polar surface area (TPSA) is 24.5 Å². The molecular weight excluding hydrogens is 248 g/mol. The molecule has 20 heavy (non-hydrogen) atoms. The van der Waals surface area contributed by atoms with Gasteiger partial charge in [0.25, 0.3) is 0 Å². The highest BCUT2D eigenvalue weighted by atomic mass is 16.5. The van der Waals surface area contributed by atoms with E-state index in [2.05, 4.69) is 50.2 Å². The van der Waals surface area contributed by atoms with Gasteiger partial charge in [-0.3, -0.25) is 0 Å². The third-order valence-electron chi connectivity index (χ3n) is 3.61. The Hall–Kier alpha value is -1.22. The first kappa shape index (κ1) is 16.8. The summed E-state index contributed by atoms with van der Waals surface area (Å²) in [6, 6.07) is 8.79. The Morgan fingerprint density at radius 1 is 1.20 bits per heavy atom. The minimum absolute atomic E-state index is 0.594. The first-order valence-corrected chi connectivity index (χ1v) is 7.61. The molecule has 0 fully saturated rings. The molecule has 3 heteroatoms. The summed E-state index contributed by atoms with van der Waals surface area (Å²) in [7, 11) is 3.83. The van der Waals surface area contributed by atoms with Crippen molar-refractivity contribution in [3.63, 3.8) is 0 Å². The highest BCUT2D eigenvalue weighted by Crippen LogP contribution is 2.19. The fourth-order valence-corrected chi connectivity index (χ4v) is 2.14. The van der Waals surface area contributed by atoms with Crippen LogP contribution in [-0.2, 0) is 0 Å². The molecule has 0 saturated carbocycles. The first-order valence-electron chi connectivity index (χ1n) is 7.61. The number of nitrogens with zero attached hydrogens (tertiary/aromatic N) is 1. The quantitative estimate of drug-likeness (QED) is 0.747. The van der Waals surface area contributed by atoms with Gasteiger partial charge in [-0.05, 0) is 37.8 Å². The normalized spacial score (nSPS) is 12.5. The number of methoxy groups -OCH3 is 1. The molecule has 1 rings (SSSR count). The number of anilines is 1. The average Bonchev–Trinajstić information content (AvgIpc) is 2.45. The molecule has 0 saturated heterocycles. The Morgan fingerprint density at radius 2 is 1.95 bits per heavy atom. The standard InChI is InChI=1S/C17H30N2O/c1-14(2)9-10-15(3)18-11-12-19(4)16-7-6-8-17(13-16)20-5/h6-8,13-15,18H,9-12H2,1-5H3. The second kappa shape index (κ2) is 8.85. The van der Waals surface area contributed by atoms with E-state index in [0.717, 1.165) is 24.8 Å². The summed E-state index contributed by atoms with van der Waals surface area (Å²) >= 11 is 0. The molecule has 0 amide bonds. The average molecular weight is 278 g/mol. The van der Waals surface area contributed by atoms with E-state index in [-0.39, 0.29) is 0 Å². The molecule has 0 radical (unpaired) electrons. The molecule has 0 heterocycles. The number of hydrogen-bond acceptors (Lipinski definition) is 3. The maximum absolute atomic E-state index is 5.26. The van der Waals surface area contributed by atoms with Crippen molar-refractivity contribution in [1.29, 1.82) is 0 Å². The van der Waals surface area contributed by atoms with Crippen molar-refractivity contribution >= 4 is 5.69 Å². The predicted octanol–water partition coefficient (Wildman–Crippen LogP) is 3.55. The zero-order valence-electron chi connectivity index (χ0n) is 13.6. The number of nitrogens with one attached hydrogen (secondary N) is 1. The van der Waals surface area contributed by atoms with E-state index in [0.29, 0.717) is 6.04 Å². The van der Waals surface area contributed by atoms with E-state index in [1.165, 1.54) is 18.5 Å². The van der Waals surface area contributed by atoms with Crippen molar-refractivity contribution in [2.24, 2.45) is 5.92 Å². The van der Waals surface area contributed by atoms with E-state index in [9.17, 15) is 0 Å². The van der Waals surface area contributed by atoms with Gasteiger partial charge in [-0.1, -0.05) is 19.9 Å². The van der Waals surface area contributed by atoms with Crippen molar-refractivity contribution in [2.75, 3.05) is 32.1 Å². The highest BCUT2D eigenvalue weighted by molar-refractivity contribution is 5.50. The van der Waals surface area contributed by atoms with E-state index in [4.69, 9.17) is 4.74 Å². The van der Waals surface area contributed by atoms with E-state index >= 15 is 0 Å². The van der Waals surface area contributed by atoms with Crippen LogP contribution in [0.1, 0.15) is 33.6 Å². The molecule has 1 N–H and O–H groups in total. The second-order valence-corrected chi connectivity index (χ2v) is 5.95. The minimum Gasteiger partial charge on any atom is -0.497 e. The van der Waals surface area contributed by atoms with Crippen LogP contribution in [0.25, 0.3) is 0 Å². The van der Waals surface area contributed by atoms with Gasteiger partial charge in [0.1, 0.15) is 5.75 Å². The number of rotatable bonds is 9. The lowest BCUT2D eigenvalue weighted by molar-refractivity contribution is 0.414. The molecule has 0 aliphatic rings. The number of hydrogen-bond donors (Lipinski definition) is 1. The van der Waals surface area contributed by atoms with Gasteiger partial charge >= 0.3 is 0 Å². The van der Waals surface area contributed by atoms with Gasteiger partial charge in [-0.2, -0.15) is 0 Å². The minimum atomic E-state index is 0.594. The van der Waals surface area contributed by atoms with Crippen molar-refractivity contribution < 1.29 is 4.74 Å². The molecule has 3 nitrogen and oxygen atoms in total. The Kier molecular flexibility index (Phi) is 7.45. The van der Waals surface area contributed by atoms with Crippen LogP contribution < -0.4 is 15.0 Å². The molecule has 1 unspecified atom stereocenters. The molecule has 1 atom stereocenters. The molecule has 0 bridgehead atoms. The largest absolute Gasteiger partial charge is 0.497 e. The fraction of sp³-hybridized carbons (Fsp3) is 0.647. The van der Waals surface area contributed by atoms with E-state index in [1.54, 1.807) is 7.11 Å². The zero-order chi connectivity index (χ0) is 15.0. The number of benzene rings is 1. The summed E-state index contributed by atoms with van der Waals surface area (Å²) in [5.74, 6) is 1.70. The van der Waals surface area contributed by atoms with E-state index in [1.807, 2.05) is 12.1 Å². The van der Waals surface area contributed by atoms with Crippen LogP contribution >= 0.6 is 0 Å². The van der Waals surface area contributed by atoms with Crippen molar-refractivity contribution in [1.82, 2.24) is 5.32 Å². The van der Waals surface area contributed by atoms with Gasteiger partial charge in [0.2, 0.25) is 0 Å². The van der Waals surface area contributed by atoms with Crippen molar-refractivity contribution in [3.8, 4) is 5.75 Å². The van der Waals surface area contributed by atoms with Gasteiger partial charge in [0.05, 0.1) is 7.11 Å². The van der Waals surface area contributed by atoms with Crippen LogP contribution in [0.15, 0.2) is 24.3 Å². The summed E-state index contributed by atoms with van der Waals surface area (Å²) in [5, 5.41) is 3.59. The Balaban J connectivity index is 2.30. The second-order valence-electron chi connectivity index (χ2n) is 5.95. The van der Waals surface area contributed by atoms with Gasteiger partial charge < -0.3 is 15.0 Å². The SMILES string of the molecule is COc1cccc(N(C)CCNC(C)CCC(C)C)c1. The molecule has 1 aromatic carbocycles. The van der Waals surface area contributed by atoms with Crippen LogP contribution in [0.4, 0.5) is 5.69 Å². The zero-order valence-corrected chi connectivity index (χ0v) is 13.6. The molecular formula is C17H30N2O. The van der Waals surface area contributed by atoms with Gasteiger partial charge in [-0.15, -0.1) is 0 Å². The monoisotopic (exact) mass is 278 g/mol. The Labute approximate surface area is 124 Å². The summed E-state index contributed by atoms with van der Waals surface area (Å²) in [6.07, 6.45) is 2.54. The first-order chi connectivity index (χ1) is 9.52. The summed E-state index contributed by atoms with van der Waals surface area (Å²) < 4.78 is 5.26. The van der Waals surface area contributed by atoms with Gasteiger partial charge in [-0.25, -0.2) is 0 Å². The third kappa shape index (κ3) is 6.29. The molecule has 114 valence electrons. The third-order valence-corrected chi connectivity index (χ3v) is 3.61. The predicted molar refractivity (Wildman–Crippen MR) is 87.8 cm³/mol. The molecule has 1 aromatic rings. The fourth-order valence-electron chi connectivity index (χ4n) is 2.14. The lowest BCUT2D eigenvalue weighted by atomic mass is 10.0. The maximum atomic E-state index is 5.26. The van der Waals surface area contributed by atoms with Crippen molar-refractivity contribution in [2.45, 2.75) is 39.7 Å². The molecule has 0 aliphatic carbocycles. The summed E-state index contributed by atoms with van der Waals surface area (Å²) in [4.78, 5) is 2.25. The molecule has 0 aromatic heterocycles. The summed E-state index contributed by atoms with van der Waals surface area (Å²) in [5.41, 5.74) is 1.20. The van der Waals surface area contributed by atoms with Crippen LogP contribution in [-0.4, -0.2) is 33.3 Å².